The summed E-state index contributed by atoms with van der Waals surface area (Å²) >= 11 is 0. The standard InChI is InChI=1S/C20H31N3O.ClH/c1-23(2)13-15-8-6-14(7-9-15)12-22-20(24)18-10-16-4-3-5-17(11-18)19(16)21;/h6-9,16-19H,3-5,10-13,21H2,1-2H3,(H,22,24);1H. The minimum absolute atomic E-state index is 0. The van der Waals surface area contributed by atoms with Crippen LogP contribution in [0.25, 0.3) is 0 Å². The van der Waals surface area contributed by atoms with Crippen LogP contribution in [0.3, 0.4) is 0 Å². The number of fused-ring (bicyclic) bond motifs is 2. The summed E-state index contributed by atoms with van der Waals surface area (Å²) in [6.45, 7) is 1.57. The Morgan fingerprint density at radius 1 is 1.12 bits per heavy atom. The van der Waals surface area contributed by atoms with Gasteiger partial charge >= 0.3 is 0 Å². The van der Waals surface area contributed by atoms with Crippen molar-refractivity contribution in [2.75, 3.05) is 14.1 Å². The smallest absolute Gasteiger partial charge is 0.223 e. The zero-order chi connectivity index (χ0) is 17.1. The molecule has 2 unspecified atom stereocenters. The maximum atomic E-state index is 12.6. The molecule has 2 bridgehead atoms. The van der Waals surface area contributed by atoms with Crippen LogP contribution in [0, 0.1) is 17.8 Å². The Morgan fingerprint density at radius 2 is 1.68 bits per heavy atom. The number of rotatable bonds is 5. The van der Waals surface area contributed by atoms with E-state index in [1.54, 1.807) is 0 Å². The first-order valence-corrected chi connectivity index (χ1v) is 9.28. The van der Waals surface area contributed by atoms with Crippen LogP contribution in [0.1, 0.15) is 43.2 Å². The van der Waals surface area contributed by atoms with Gasteiger partial charge in [0, 0.05) is 25.0 Å². The van der Waals surface area contributed by atoms with E-state index in [0.717, 1.165) is 19.4 Å². The van der Waals surface area contributed by atoms with Gasteiger partial charge in [-0.05, 0) is 62.7 Å². The fourth-order valence-electron chi connectivity index (χ4n) is 4.46. The van der Waals surface area contributed by atoms with E-state index in [0.29, 0.717) is 24.4 Å². The maximum Gasteiger partial charge on any atom is 0.223 e. The first-order valence-electron chi connectivity index (χ1n) is 9.28. The average Bonchev–Trinajstić information content (AvgIpc) is 2.53. The van der Waals surface area contributed by atoms with Crippen molar-refractivity contribution in [1.29, 1.82) is 0 Å². The van der Waals surface area contributed by atoms with Gasteiger partial charge in [0.25, 0.3) is 0 Å². The molecule has 25 heavy (non-hydrogen) atoms. The quantitative estimate of drug-likeness (QED) is 0.843. The average molecular weight is 366 g/mol. The molecule has 3 N–H and O–H groups in total. The molecule has 1 amide bonds. The molecule has 5 heteroatoms. The second-order valence-corrected chi connectivity index (χ2v) is 7.97. The topological polar surface area (TPSA) is 58.4 Å². The molecule has 1 aromatic carbocycles. The molecule has 0 spiro atoms. The summed E-state index contributed by atoms with van der Waals surface area (Å²) in [5, 5.41) is 3.14. The van der Waals surface area contributed by atoms with E-state index >= 15 is 0 Å². The first kappa shape index (κ1) is 20.2. The van der Waals surface area contributed by atoms with E-state index in [1.807, 2.05) is 0 Å². The van der Waals surface area contributed by atoms with Crippen LogP contribution >= 0.6 is 12.4 Å². The Hall–Kier alpha value is -1.10. The monoisotopic (exact) mass is 365 g/mol. The number of nitrogens with two attached hydrogens (primary N) is 1. The summed E-state index contributed by atoms with van der Waals surface area (Å²) in [5.41, 5.74) is 8.79. The van der Waals surface area contributed by atoms with Gasteiger partial charge in [-0.2, -0.15) is 0 Å². The van der Waals surface area contributed by atoms with Crippen molar-refractivity contribution in [3.8, 4) is 0 Å². The molecule has 2 atom stereocenters. The number of nitrogens with one attached hydrogen (secondary N) is 1. The van der Waals surface area contributed by atoms with Crippen molar-refractivity contribution >= 4 is 18.3 Å². The van der Waals surface area contributed by atoms with Crippen molar-refractivity contribution in [2.24, 2.45) is 23.5 Å². The third kappa shape index (κ3) is 5.19. The van der Waals surface area contributed by atoms with Crippen LogP contribution in [0.5, 0.6) is 0 Å². The molecule has 0 heterocycles. The highest BCUT2D eigenvalue weighted by atomic mass is 35.5. The van der Waals surface area contributed by atoms with E-state index in [4.69, 9.17) is 5.73 Å². The number of hydrogen-bond acceptors (Lipinski definition) is 3. The third-order valence-corrected chi connectivity index (χ3v) is 5.77. The molecule has 2 aliphatic rings. The SMILES string of the molecule is CN(C)Cc1ccc(CNC(=O)C2CC3CCCC(C2)C3N)cc1.Cl. The molecule has 2 aliphatic carbocycles. The summed E-state index contributed by atoms with van der Waals surface area (Å²) < 4.78 is 0. The molecule has 1 aromatic rings. The molecular formula is C20H32ClN3O. The summed E-state index contributed by atoms with van der Waals surface area (Å²) in [5.74, 6) is 1.49. The largest absolute Gasteiger partial charge is 0.352 e. The number of halogens is 1. The molecule has 0 aliphatic heterocycles. The second kappa shape index (κ2) is 9.02. The van der Waals surface area contributed by atoms with Gasteiger partial charge in [0.1, 0.15) is 0 Å². The fraction of sp³-hybridized carbons (Fsp3) is 0.650. The number of amides is 1. The zero-order valence-electron chi connectivity index (χ0n) is 15.4. The molecule has 3 rings (SSSR count). The van der Waals surface area contributed by atoms with E-state index in [2.05, 4.69) is 48.6 Å². The normalized spacial score (nSPS) is 28.3. The Bertz CT molecular complexity index is 547. The molecular weight excluding hydrogens is 334 g/mol. The molecule has 0 saturated heterocycles. The number of carbonyl (C=O) groups is 1. The van der Waals surface area contributed by atoms with E-state index in [-0.39, 0.29) is 24.2 Å². The van der Waals surface area contributed by atoms with E-state index in [1.165, 1.54) is 30.4 Å². The lowest BCUT2D eigenvalue weighted by Gasteiger charge is -2.43. The lowest BCUT2D eigenvalue weighted by Crippen LogP contribution is -2.49. The van der Waals surface area contributed by atoms with Crippen molar-refractivity contribution in [2.45, 2.75) is 51.2 Å². The van der Waals surface area contributed by atoms with E-state index in [9.17, 15) is 4.79 Å². The van der Waals surface area contributed by atoms with Gasteiger partial charge in [0.15, 0.2) is 0 Å². The molecule has 2 saturated carbocycles. The lowest BCUT2D eigenvalue weighted by atomic mass is 9.65. The number of hydrogen-bond donors (Lipinski definition) is 2. The predicted octanol–water partition coefficient (Wildman–Crippen LogP) is 2.94. The zero-order valence-corrected chi connectivity index (χ0v) is 16.2. The summed E-state index contributed by atoms with van der Waals surface area (Å²) in [6.07, 6.45) is 5.65. The van der Waals surface area contributed by atoms with Gasteiger partial charge in [-0.3, -0.25) is 4.79 Å². The van der Waals surface area contributed by atoms with Crippen LogP contribution in [-0.4, -0.2) is 30.9 Å². The number of nitrogens with zero attached hydrogens (tertiary/aromatic N) is 1. The summed E-state index contributed by atoms with van der Waals surface area (Å²) in [6, 6.07) is 8.85. The minimum atomic E-state index is 0. The number of carbonyl (C=O) groups excluding carboxylic acids is 1. The van der Waals surface area contributed by atoms with Crippen LogP contribution < -0.4 is 11.1 Å². The van der Waals surface area contributed by atoms with Gasteiger partial charge in [-0.25, -0.2) is 0 Å². The van der Waals surface area contributed by atoms with Crippen LogP contribution in [0.4, 0.5) is 0 Å². The second-order valence-electron chi connectivity index (χ2n) is 7.97. The van der Waals surface area contributed by atoms with Crippen molar-refractivity contribution in [3.05, 3.63) is 35.4 Å². The molecule has 0 radical (unpaired) electrons. The highest BCUT2D eigenvalue weighted by Gasteiger charge is 2.40. The fourth-order valence-corrected chi connectivity index (χ4v) is 4.46. The highest BCUT2D eigenvalue weighted by molar-refractivity contribution is 5.85. The van der Waals surface area contributed by atoms with Crippen LogP contribution in [0.15, 0.2) is 24.3 Å². The van der Waals surface area contributed by atoms with Gasteiger partial charge < -0.3 is 16.0 Å². The van der Waals surface area contributed by atoms with Crippen molar-refractivity contribution in [3.63, 3.8) is 0 Å². The minimum Gasteiger partial charge on any atom is -0.352 e. The summed E-state index contributed by atoms with van der Waals surface area (Å²) in [7, 11) is 4.14. The molecule has 140 valence electrons. The van der Waals surface area contributed by atoms with Crippen LogP contribution in [0.2, 0.25) is 0 Å². The van der Waals surface area contributed by atoms with Gasteiger partial charge in [0.05, 0.1) is 0 Å². The molecule has 2 fully saturated rings. The Balaban J connectivity index is 0.00000225. The first-order chi connectivity index (χ1) is 11.5. The highest BCUT2D eigenvalue weighted by Crippen LogP contribution is 2.41. The third-order valence-electron chi connectivity index (χ3n) is 5.77. The van der Waals surface area contributed by atoms with Gasteiger partial charge in [0.2, 0.25) is 5.91 Å². The van der Waals surface area contributed by atoms with Crippen molar-refractivity contribution < 1.29 is 4.79 Å². The molecule has 0 aromatic heterocycles. The Kier molecular flexibility index (Phi) is 7.29. The van der Waals surface area contributed by atoms with Gasteiger partial charge in [-0.15, -0.1) is 12.4 Å². The Labute approximate surface area is 157 Å². The van der Waals surface area contributed by atoms with E-state index < -0.39 is 0 Å². The number of benzene rings is 1. The maximum absolute atomic E-state index is 12.6. The predicted molar refractivity (Wildman–Crippen MR) is 104 cm³/mol. The summed E-state index contributed by atoms with van der Waals surface area (Å²) in [4.78, 5) is 14.7. The Morgan fingerprint density at radius 3 is 2.24 bits per heavy atom. The molecule has 4 nitrogen and oxygen atoms in total. The van der Waals surface area contributed by atoms with Crippen molar-refractivity contribution in [1.82, 2.24) is 10.2 Å². The van der Waals surface area contributed by atoms with Crippen LogP contribution in [-0.2, 0) is 17.9 Å². The van der Waals surface area contributed by atoms with Gasteiger partial charge in [-0.1, -0.05) is 30.7 Å². The lowest BCUT2D eigenvalue weighted by molar-refractivity contribution is -0.128.